The Morgan fingerprint density at radius 3 is 2.28 bits per heavy atom. The zero-order chi connectivity index (χ0) is 27.5. The highest BCUT2D eigenvalue weighted by Gasteiger charge is 2.49. The van der Waals surface area contributed by atoms with E-state index in [-0.39, 0.29) is 17.6 Å². The Hall–Kier alpha value is -2.64. The summed E-state index contributed by atoms with van der Waals surface area (Å²) in [4.78, 5) is 34.0. The molecule has 3 aliphatic rings. The number of halogens is 2. The van der Waals surface area contributed by atoms with E-state index in [9.17, 15) is 9.59 Å². The lowest BCUT2D eigenvalue weighted by Crippen LogP contribution is -2.56. The van der Waals surface area contributed by atoms with Gasteiger partial charge in [-0.3, -0.25) is 9.59 Å². The van der Waals surface area contributed by atoms with Crippen molar-refractivity contribution in [2.45, 2.75) is 50.4 Å². The van der Waals surface area contributed by atoms with E-state index in [1.807, 2.05) is 28.0 Å². The van der Waals surface area contributed by atoms with Crippen LogP contribution in [-0.4, -0.2) is 79.4 Å². The predicted molar refractivity (Wildman–Crippen MR) is 150 cm³/mol. The van der Waals surface area contributed by atoms with Crippen molar-refractivity contribution in [2.24, 2.45) is 5.41 Å². The zero-order valence-corrected chi connectivity index (χ0v) is 23.6. The molecule has 0 bridgehead atoms. The summed E-state index contributed by atoms with van der Waals surface area (Å²) in [6.45, 7) is 4.50. The second-order valence-electron chi connectivity index (χ2n) is 11.7. The average Bonchev–Trinajstić information content (AvgIpc) is 3.44. The van der Waals surface area contributed by atoms with E-state index in [2.05, 4.69) is 11.9 Å². The molecule has 2 amide bonds. The van der Waals surface area contributed by atoms with Gasteiger partial charge in [-0.2, -0.15) is 0 Å². The van der Waals surface area contributed by atoms with Gasteiger partial charge in [0.25, 0.3) is 0 Å². The van der Waals surface area contributed by atoms with Crippen molar-refractivity contribution >= 4 is 23.4 Å². The van der Waals surface area contributed by atoms with Gasteiger partial charge in [-0.05, 0) is 63.1 Å². The summed E-state index contributed by atoms with van der Waals surface area (Å²) < 4.78 is 21.3. The summed E-state index contributed by atoms with van der Waals surface area (Å²) in [6, 6.07) is 14.0. The fraction of sp³-hybridized carbons (Fsp3) is 0.548. The molecule has 6 nitrogen and oxygen atoms in total. The number of hydrogen-bond acceptors (Lipinski definition) is 4. The normalized spacial score (nSPS) is 23.6. The summed E-state index contributed by atoms with van der Waals surface area (Å²) >= 11 is 6.06. The van der Waals surface area contributed by atoms with Crippen molar-refractivity contribution in [3.8, 4) is 5.75 Å². The molecule has 0 aromatic heterocycles. The first-order valence-electron chi connectivity index (χ1n) is 14.2. The predicted octanol–water partition coefficient (Wildman–Crippen LogP) is 5.14. The maximum absolute atomic E-state index is 15.1. The van der Waals surface area contributed by atoms with Crippen LogP contribution in [0.1, 0.15) is 50.5 Å². The van der Waals surface area contributed by atoms with E-state index in [1.165, 1.54) is 6.07 Å². The number of likely N-dealkylation sites (tertiary alicyclic amines) is 1. The number of likely N-dealkylation sites (N-methyl/N-ethyl adjacent to an activating group) is 1. The summed E-state index contributed by atoms with van der Waals surface area (Å²) in [5, 5.41) is 0.631. The Morgan fingerprint density at radius 1 is 0.897 bits per heavy atom. The monoisotopic (exact) mass is 555 g/mol. The molecule has 2 heterocycles. The number of piperidine rings is 1. The van der Waals surface area contributed by atoms with E-state index in [0.29, 0.717) is 68.4 Å². The first-order valence-corrected chi connectivity index (χ1v) is 14.6. The molecule has 2 aromatic rings. The van der Waals surface area contributed by atoms with E-state index < -0.39 is 10.8 Å². The molecule has 2 aromatic carbocycles. The van der Waals surface area contributed by atoms with Crippen LogP contribution >= 0.6 is 11.6 Å². The van der Waals surface area contributed by atoms with Crippen LogP contribution in [0, 0.1) is 11.2 Å². The van der Waals surface area contributed by atoms with Gasteiger partial charge in [0.2, 0.25) is 11.8 Å². The minimum absolute atomic E-state index is 0.00675. The Morgan fingerprint density at radius 2 is 1.59 bits per heavy atom. The van der Waals surface area contributed by atoms with Crippen LogP contribution in [0.5, 0.6) is 5.75 Å². The van der Waals surface area contributed by atoms with Crippen LogP contribution in [0.4, 0.5) is 4.39 Å². The lowest BCUT2D eigenvalue weighted by Gasteiger charge is -2.46. The molecule has 0 spiro atoms. The molecule has 8 heteroatoms. The average molecular weight is 556 g/mol. The van der Waals surface area contributed by atoms with Crippen LogP contribution in [0.25, 0.3) is 0 Å². The Bertz CT molecular complexity index is 1160. The van der Waals surface area contributed by atoms with E-state index >= 15 is 4.39 Å². The lowest BCUT2D eigenvalue weighted by molar-refractivity contribution is -0.146. The topological polar surface area (TPSA) is 53.1 Å². The van der Waals surface area contributed by atoms with E-state index in [0.717, 1.165) is 38.8 Å². The molecule has 0 N–H and O–H groups in total. The highest BCUT2D eigenvalue weighted by Crippen LogP contribution is 2.45. The maximum Gasteiger partial charge on any atom is 0.233 e. The van der Waals surface area contributed by atoms with Gasteiger partial charge in [-0.1, -0.05) is 42.6 Å². The van der Waals surface area contributed by atoms with E-state index in [4.69, 9.17) is 16.3 Å². The number of piperazine rings is 1. The summed E-state index contributed by atoms with van der Waals surface area (Å²) in [7, 11) is 2.07. The first-order chi connectivity index (χ1) is 18.8. The van der Waals surface area contributed by atoms with Crippen molar-refractivity contribution in [3.63, 3.8) is 0 Å². The number of carbonyl (C=O) groups excluding carboxylic acids is 2. The number of benzene rings is 2. The second-order valence-corrected chi connectivity index (χ2v) is 12.1. The van der Waals surface area contributed by atoms with Crippen molar-refractivity contribution < 1.29 is 18.7 Å². The zero-order valence-electron chi connectivity index (χ0n) is 22.8. The number of hydrogen-bond donors (Lipinski definition) is 0. The van der Waals surface area contributed by atoms with Gasteiger partial charge in [0.1, 0.15) is 11.6 Å². The summed E-state index contributed by atoms with van der Waals surface area (Å²) in [5.41, 5.74) is -0.856. The molecular weight excluding hydrogens is 517 g/mol. The third kappa shape index (κ3) is 6.09. The van der Waals surface area contributed by atoms with Gasteiger partial charge in [0.15, 0.2) is 0 Å². The Labute approximate surface area is 236 Å². The van der Waals surface area contributed by atoms with Crippen LogP contribution in [0.15, 0.2) is 48.5 Å². The van der Waals surface area contributed by atoms with Gasteiger partial charge < -0.3 is 19.4 Å². The Balaban J connectivity index is 1.39. The smallest absolute Gasteiger partial charge is 0.233 e. The Kier molecular flexibility index (Phi) is 8.48. The molecule has 5 rings (SSSR count). The highest BCUT2D eigenvalue weighted by atomic mass is 35.5. The van der Waals surface area contributed by atoms with Crippen LogP contribution in [0.2, 0.25) is 5.02 Å². The van der Waals surface area contributed by atoms with Gasteiger partial charge in [0, 0.05) is 61.7 Å². The number of amides is 2. The molecule has 210 valence electrons. The molecular formula is C31H39ClFN3O3. The minimum Gasteiger partial charge on any atom is -0.493 e. The van der Waals surface area contributed by atoms with Gasteiger partial charge >= 0.3 is 0 Å². The minimum atomic E-state index is -0.840. The molecule has 1 atom stereocenters. The fourth-order valence-corrected chi connectivity index (χ4v) is 6.81. The standard InChI is InChI=1S/C31H39ClFN3O3/c1-34-17-19-35(20-18-34)28(37)21-30(23-39-25-11-9-24(32)10-12-25)13-6-16-36(22-30)29(38)31(14-4-5-15-31)26-7-2-3-8-27(26)33/h2-3,7-12H,4-6,13-23H2,1H3. The third-order valence-electron chi connectivity index (χ3n) is 8.95. The first kappa shape index (κ1) is 27.9. The molecule has 2 aliphatic heterocycles. The van der Waals surface area contributed by atoms with Crippen LogP contribution in [0.3, 0.4) is 0 Å². The molecule has 1 saturated carbocycles. The molecule has 1 aliphatic carbocycles. The lowest BCUT2D eigenvalue weighted by atomic mass is 9.73. The number of carbonyl (C=O) groups is 2. The quantitative estimate of drug-likeness (QED) is 0.474. The van der Waals surface area contributed by atoms with Crippen molar-refractivity contribution in [3.05, 3.63) is 64.9 Å². The molecule has 39 heavy (non-hydrogen) atoms. The maximum atomic E-state index is 15.1. The molecule has 3 fully saturated rings. The SMILES string of the molecule is CN1CCN(C(=O)CC2(COc3ccc(Cl)cc3)CCCN(C(=O)C3(c4ccccc4F)CCCC3)C2)CC1. The fourth-order valence-electron chi connectivity index (χ4n) is 6.68. The van der Waals surface area contributed by atoms with Crippen molar-refractivity contribution in [2.75, 3.05) is 52.9 Å². The van der Waals surface area contributed by atoms with Crippen LogP contribution in [-0.2, 0) is 15.0 Å². The second kappa shape index (κ2) is 11.8. The van der Waals surface area contributed by atoms with Crippen molar-refractivity contribution in [1.82, 2.24) is 14.7 Å². The number of ether oxygens (including phenoxy) is 1. The van der Waals surface area contributed by atoms with Gasteiger partial charge in [-0.25, -0.2) is 4.39 Å². The van der Waals surface area contributed by atoms with Crippen molar-refractivity contribution in [1.29, 1.82) is 0 Å². The van der Waals surface area contributed by atoms with Gasteiger partial charge in [0.05, 0.1) is 12.0 Å². The highest BCUT2D eigenvalue weighted by molar-refractivity contribution is 6.30. The number of nitrogens with zero attached hydrogens (tertiary/aromatic N) is 3. The largest absolute Gasteiger partial charge is 0.493 e. The molecule has 0 radical (unpaired) electrons. The van der Waals surface area contributed by atoms with Crippen LogP contribution < -0.4 is 4.74 Å². The van der Waals surface area contributed by atoms with Gasteiger partial charge in [-0.15, -0.1) is 0 Å². The molecule has 2 saturated heterocycles. The summed E-state index contributed by atoms with van der Waals surface area (Å²) in [6.07, 6.45) is 4.99. The summed E-state index contributed by atoms with van der Waals surface area (Å²) in [5.74, 6) is 0.481. The third-order valence-corrected chi connectivity index (χ3v) is 9.20. The molecule has 1 unspecified atom stereocenters. The van der Waals surface area contributed by atoms with E-state index in [1.54, 1.807) is 24.3 Å². The number of rotatable bonds is 7.